The number of benzene rings is 1. The summed E-state index contributed by atoms with van der Waals surface area (Å²) in [5.41, 5.74) is 0.526. The molecule has 4 amide bonds. The lowest BCUT2D eigenvalue weighted by Crippen LogP contribution is -2.58. The molecule has 0 saturated carbocycles. The van der Waals surface area contributed by atoms with Gasteiger partial charge in [-0.25, -0.2) is 14.8 Å². The summed E-state index contributed by atoms with van der Waals surface area (Å²) in [6, 6.07) is 4.44. The number of fused-ring (bicyclic) bond motifs is 1. The highest BCUT2D eigenvalue weighted by molar-refractivity contribution is 6.37. The van der Waals surface area contributed by atoms with E-state index in [0.29, 0.717) is 22.3 Å². The Hall–Kier alpha value is -3.33. The van der Waals surface area contributed by atoms with Gasteiger partial charge >= 0.3 is 12.2 Å². The highest BCUT2D eigenvalue weighted by Gasteiger charge is 2.62. The molecule has 3 atom stereocenters. The predicted molar refractivity (Wildman–Crippen MR) is 129 cm³/mol. The van der Waals surface area contributed by atoms with Crippen LogP contribution in [0.15, 0.2) is 35.6 Å². The minimum atomic E-state index is -4.69. The molecule has 200 valence electrons. The Morgan fingerprint density at radius 2 is 1.82 bits per heavy atom. The summed E-state index contributed by atoms with van der Waals surface area (Å²) in [5.74, 6) is -3.24. The Kier molecular flexibility index (Phi) is 6.13. The van der Waals surface area contributed by atoms with E-state index in [4.69, 9.17) is 39.6 Å². The number of nitrogens with one attached hydrogen (secondary N) is 2. The number of hydrogen-bond donors (Lipinski definition) is 2. The number of amides is 4. The van der Waals surface area contributed by atoms with E-state index in [1.807, 2.05) is 0 Å². The monoisotopic (exact) mass is 591 g/mol. The molecule has 0 radical (unpaired) electrons. The fraction of sp³-hybridized carbons (Fsp3) is 0.286. The highest BCUT2D eigenvalue weighted by atomic mass is 35.5. The number of halogens is 6. The lowest BCUT2D eigenvalue weighted by Gasteiger charge is -2.29. The zero-order valence-corrected chi connectivity index (χ0v) is 21.4. The van der Waals surface area contributed by atoms with Gasteiger partial charge in [0.2, 0.25) is 6.10 Å². The Labute approximate surface area is 227 Å². The zero-order valence-electron chi connectivity index (χ0n) is 19.2. The first kappa shape index (κ1) is 26.3. The smallest absolute Gasteiger partial charge is 0.381 e. The van der Waals surface area contributed by atoms with Crippen LogP contribution >= 0.6 is 34.8 Å². The van der Waals surface area contributed by atoms with Crippen molar-refractivity contribution in [1.29, 1.82) is 0 Å². The van der Waals surface area contributed by atoms with Crippen molar-refractivity contribution in [3.05, 3.63) is 51.1 Å². The molecule has 2 fully saturated rings. The molecule has 1 aromatic carbocycles. The lowest BCUT2D eigenvalue weighted by molar-refractivity contribution is -0.143. The number of hydrogen-bond acceptors (Lipinski definition) is 8. The molecule has 11 nitrogen and oxygen atoms in total. The third-order valence-corrected chi connectivity index (χ3v) is 6.92. The molecular formula is C21H15Cl3F3N7O4. The van der Waals surface area contributed by atoms with Crippen LogP contribution in [0.4, 0.5) is 29.5 Å². The number of hydrazine groups is 2. The summed E-state index contributed by atoms with van der Waals surface area (Å²) < 4.78 is 39.0. The number of alkyl halides is 3. The number of nitrogens with zero attached hydrogens (tertiary/aromatic N) is 5. The van der Waals surface area contributed by atoms with Gasteiger partial charge in [-0.1, -0.05) is 40.0 Å². The van der Waals surface area contributed by atoms with E-state index >= 15 is 0 Å². The van der Waals surface area contributed by atoms with Gasteiger partial charge in [-0.05, 0) is 31.2 Å². The molecule has 3 aliphatic heterocycles. The molecule has 0 aliphatic carbocycles. The van der Waals surface area contributed by atoms with Crippen molar-refractivity contribution in [1.82, 2.24) is 20.7 Å². The average Bonchev–Trinajstić information content (AvgIpc) is 3.46. The van der Waals surface area contributed by atoms with E-state index in [-0.39, 0.29) is 22.2 Å². The second-order valence-electron chi connectivity index (χ2n) is 8.62. The molecule has 1 aromatic heterocycles. The van der Waals surface area contributed by atoms with Gasteiger partial charge in [0.25, 0.3) is 11.8 Å². The number of aromatic nitrogens is 1. The number of carbonyl (C=O) groups is 3. The molecule has 5 rings (SSSR count). The third-order valence-electron chi connectivity index (χ3n) is 6.10. The van der Waals surface area contributed by atoms with Crippen molar-refractivity contribution in [2.45, 2.75) is 24.9 Å². The summed E-state index contributed by atoms with van der Waals surface area (Å²) in [4.78, 5) is 48.3. The van der Waals surface area contributed by atoms with Crippen LogP contribution in [-0.2, 0) is 20.6 Å². The number of imide groups is 1. The van der Waals surface area contributed by atoms with Crippen LogP contribution in [0.25, 0.3) is 0 Å². The minimum Gasteiger partial charge on any atom is -0.381 e. The van der Waals surface area contributed by atoms with Gasteiger partial charge < -0.3 is 10.2 Å². The van der Waals surface area contributed by atoms with Gasteiger partial charge in [-0.3, -0.25) is 14.6 Å². The first-order valence-corrected chi connectivity index (χ1v) is 11.8. The summed E-state index contributed by atoms with van der Waals surface area (Å²) in [7, 11) is 1.23. The Balaban J connectivity index is 1.41. The summed E-state index contributed by atoms with van der Waals surface area (Å²) in [6.45, 7) is 1.50. The molecule has 17 heteroatoms. The van der Waals surface area contributed by atoms with Gasteiger partial charge in [0.05, 0.1) is 21.3 Å². The van der Waals surface area contributed by atoms with Crippen LogP contribution in [0.1, 0.15) is 12.5 Å². The normalized spacial score (nSPS) is 24.9. The molecule has 0 unspecified atom stereocenters. The van der Waals surface area contributed by atoms with Crippen LogP contribution in [0.2, 0.25) is 15.1 Å². The Morgan fingerprint density at radius 3 is 2.45 bits per heavy atom. The van der Waals surface area contributed by atoms with Crippen LogP contribution in [0, 0.1) is 5.92 Å². The molecule has 0 spiro atoms. The number of urea groups is 1. The maximum absolute atomic E-state index is 13.4. The van der Waals surface area contributed by atoms with E-state index in [9.17, 15) is 27.6 Å². The van der Waals surface area contributed by atoms with Crippen molar-refractivity contribution in [3.8, 4) is 0 Å². The van der Waals surface area contributed by atoms with Crippen LogP contribution in [-0.4, -0.2) is 52.4 Å². The van der Waals surface area contributed by atoms with Crippen LogP contribution < -0.4 is 20.8 Å². The topological polar surface area (TPSA) is 119 Å². The van der Waals surface area contributed by atoms with E-state index in [2.05, 4.69) is 20.9 Å². The van der Waals surface area contributed by atoms with E-state index in [1.165, 1.54) is 32.2 Å². The largest absolute Gasteiger partial charge is 0.417 e. The minimum absolute atomic E-state index is 0.0239. The Morgan fingerprint density at radius 1 is 1.11 bits per heavy atom. The van der Waals surface area contributed by atoms with Crippen LogP contribution in [0.5, 0.6) is 0 Å². The van der Waals surface area contributed by atoms with E-state index < -0.39 is 52.3 Å². The maximum atomic E-state index is 13.4. The quantitative estimate of drug-likeness (QED) is 0.521. The molecular weight excluding hydrogens is 578 g/mol. The van der Waals surface area contributed by atoms with Gasteiger partial charge in [0, 0.05) is 18.3 Å². The van der Waals surface area contributed by atoms with Gasteiger partial charge in [0.1, 0.15) is 11.6 Å². The average molecular weight is 593 g/mol. The van der Waals surface area contributed by atoms with Crippen molar-refractivity contribution >= 4 is 69.9 Å². The fourth-order valence-corrected chi connectivity index (χ4v) is 5.09. The van der Waals surface area contributed by atoms with Gasteiger partial charge in [0.15, 0.2) is 11.5 Å². The second-order valence-corrected chi connectivity index (χ2v) is 9.87. The molecule has 4 heterocycles. The van der Waals surface area contributed by atoms with E-state index in [1.54, 1.807) is 0 Å². The zero-order chi connectivity index (χ0) is 27.7. The number of oxime groups is 1. The van der Waals surface area contributed by atoms with E-state index in [0.717, 1.165) is 10.0 Å². The first-order valence-electron chi connectivity index (χ1n) is 10.7. The molecule has 3 aliphatic rings. The molecule has 2 saturated heterocycles. The molecule has 0 bridgehead atoms. The number of carbonyl (C=O) groups excluding carboxylic acids is 3. The number of anilines is 2. The number of rotatable bonds is 4. The van der Waals surface area contributed by atoms with Crippen molar-refractivity contribution < 1.29 is 32.4 Å². The maximum Gasteiger partial charge on any atom is 0.417 e. The third kappa shape index (κ3) is 4.08. The SMILES string of the molecule is CN(c1ncc(C(F)(F)F)cc1Cl)N1C(=O)[C@H]2C([C@@]3(C)NC(=O)N(c4ccc(Cl)cc4Cl)N3)=NO[C@H]2C1=O. The predicted octanol–water partition coefficient (Wildman–Crippen LogP) is 3.60. The summed E-state index contributed by atoms with van der Waals surface area (Å²) in [5, 5.41) is 9.29. The summed E-state index contributed by atoms with van der Waals surface area (Å²) >= 11 is 18.2. The molecule has 38 heavy (non-hydrogen) atoms. The Bertz CT molecular complexity index is 1420. The molecule has 2 N–H and O–H groups in total. The summed E-state index contributed by atoms with van der Waals surface area (Å²) in [6.07, 6.45) is -5.55. The highest BCUT2D eigenvalue weighted by Crippen LogP contribution is 2.39. The molecule has 2 aromatic rings. The van der Waals surface area contributed by atoms with Crippen molar-refractivity contribution in [3.63, 3.8) is 0 Å². The van der Waals surface area contributed by atoms with Gasteiger partial charge in [-0.15, -0.1) is 0 Å². The van der Waals surface area contributed by atoms with Crippen molar-refractivity contribution in [2.24, 2.45) is 11.1 Å². The second kappa shape index (κ2) is 8.86. The van der Waals surface area contributed by atoms with Gasteiger partial charge in [-0.2, -0.15) is 23.6 Å². The fourth-order valence-electron chi connectivity index (χ4n) is 4.31. The number of pyridine rings is 1. The van der Waals surface area contributed by atoms with Crippen LogP contribution in [0.3, 0.4) is 0 Å². The lowest BCUT2D eigenvalue weighted by atomic mass is 9.91. The standard InChI is InChI=1S/C21H15Cl3F3N7O4/c1-20(29-19(37)33(31-20)12-4-3-9(22)6-10(12)23)15-13-14(38-30-15)18(36)34(17(13)35)32(2)16-11(24)5-8(7-28-16)21(25,26)27/h3-7,13-14,31H,1-2H3,(H,29,37)/t13-,14-,20+/m1/s1. The first-order chi connectivity index (χ1) is 17.7. The van der Waals surface area contributed by atoms with Crippen molar-refractivity contribution in [2.75, 3.05) is 17.1 Å².